The number of pyridine rings is 1. The number of aromatic nitrogens is 1. The second-order valence-corrected chi connectivity index (χ2v) is 6.68. The standard InChI is InChI=1S/C19H18N2O4/c22-19(12-5-7-15-16(9-12)24-11-23-15)21-10-13-4-6-14(21)18(13)25-17-3-1-2-8-20-17/h1-3,5,7-9,13-14,18H,4,6,10-11H2/t13-,14+,18-/m1/s1. The maximum atomic E-state index is 13.0. The first kappa shape index (κ1) is 14.6. The summed E-state index contributed by atoms with van der Waals surface area (Å²) in [6.07, 6.45) is 3.81. The number of hydrogen-bond donors (Lipinski definition) is 0. The van der Waals surface area contributed by atoms with Crippen LogP contribution in [0.5, 0.6) is 17.4 Å². The van der Waals surface area contributed by atoms with Crippen LogP contribution in [0, 0.1) is 5.92 Å². The van der Waals surface area contributed by atoms with Gasteiger partial charge >= 0.3 is 0 Å². The first-order valence-electron chi connectivity index (χ1n) is 8.58. The minimum atomic E-state index is 0.0212. The Hall–Kier alpha value is -2.76. The molecule has 0 unspecified atom stereocenters. The predicted molar refractivity (Wildman–Crippen MR) is 88.8 cm³/mol. The number of benzene rings is 1. The summed E-state index contributed by atoms with van der Waals surface area (Å²) < 4.78 is 16.8. The molecule has 1 saturated carbocycles. The van der Waals surface area contributed by atoms with Crippen molar-refractivity contribution in [2.75, 3.05) is 13.3 Å². The van der Waals surface area contributed by atoms with Gasteiger partial charge in [0.1, 0.15) is 6.10 Å². The second kappa shape index (κ2) is 5.65. The number of carbonyl (C=O) groups excluding carboxylic acids is 1. The number of amides is 1. The highest BCUT2D eigenvalue weighted by Gasteiger charge is 2.50. The molecule has 1 aromatic heterocycles. The van der Waals surface area contributed by atoms with Gasteiger partial charge in [0.2, 0.25) is 12.7 Å². The number of rotatable bonds is 3. The molecule has 25 heavy (non-hydrogen) atoms. The second-order valence-electron chi connectivity index (χ2n) is 6.68. The number of carbonyl (C=O) groups is 1. The zero-order valence-corrected chi connectivity index (χ0v) is 13.6. The smallest absolute Gasteiger partial charge is 0.254 e. The minimum absolute atomic E-state index is 0.0212. The van der Waals surface area contributed by atoms with E-state index in [1.54, 1.807) is 24.4 Å². The Kier molecular flexibility index (Phi) is 3.29. The molecular weight excluding hydrogens is 320 g/mol. The third-order valence-electron chi connectivity index (χ3n) is 5.28. The third-order valence-corrected chi connectivity index (χ3v) is 5.28. The van der Waals surface area contributed by atoms with Crippen molar-refractivity contribution in [2.45, 2.75) is 25.0 Å². The lowest BCUT2D eigenvalue weighted by Crippen LogP contribution is -2.40. The van der Waals surface area contributed by atoms with E-state index in [-0.39, 0.29) is 24.8 Å². The van der Waals surface area contributed by atoms with Gasteiger partial charge in [0.05, 0.1) is 6.04 Å². The van der Waals surface area contributed by atoms with Gasteiger partial charge < -0.3 is 19.1 Å². The Bertz CT molecular complexity index is 810. The van der Waals surface area contributed by atoms with Gasteiger partial charge in [0, 0.05) is 30.3 Å². The van der Waals surface area contributed by atoms with E-state index >= 15 is 0 Å². The number of ether oxygens (including phenoxy) is 3. The van der Waals surface area contributed by atoms with Gasteiger partial charge in [-0.1, -0.05) is 6.07 Å². The summed E-state index contributed by atoms with van der Waals surface area (Å²) in [4.78, 5) is 19.2. The van der Waals surface area contributed by atoms with E-state index in [1.165, 1.54) is 0 Å². The van der Waals surface area contributed by atoms with Crippen molar-refractivity contribution in [2.24, 2.45) is 5.92 Å². The number of fused-ring (bicyclic) bond motifs is 3. The van der Waals surface area contributed by atoms with Gasteiger partial charge in [-0.05, 0) is 37.1 Å². The Labute approximate surface area is 145 Å². The molecule has 3 aliphatic rings. The molecule has 5 rings (SSSR count). The number of likely N-dealkylation sites (tertiary alicyclic amines) is 1. The highest BCUT2D eigenvalue weighted by atomic mass is 16.7. The first-order valence-corrected chi connectivity index (χ1v) is 8.58. The highest BCUT2D eigenvalue weighted by Crippen LogP contribution is 2.41. The van der Waals surface area contributed by atoms with Crippen LogP contribution < -0.4 is 14.2 Å². The van der Waals surface area contributed by atoms with Gasteiger partial charge in [-0.3, -0.25) is 4.79 Å². The molecule has 6 heteroatoms. The summed E-state index contributed by atoms with van der Waals surface area (Å²) in [5.74, 6) is 2.35. The van der Waals surface area contributed by atoms with Crippen LogP contribution in [0.4, 0.5) is 0 Å². The Morgan fingerprint density at radius 2 is 2.08 bits per heavy atom. The van der Waals surface area contributed by atoms with Crippen LogP contribution in [-0.2, 0) is 0 Å². The lowest BCUT2D eigenvalue weighted by atomic mass is 10.1. The maximum absolute atomic E-state index is 13.0. The fraction of sp³-hybridized carbons (Fsp3) is 0.368. The molecule has 0 spiro atoms. The molecule has 2 aromatic rings. The summed E-state index contributed by atoms with van der Waals surface area (Å²) in [6, 6.07) is 11.1. The normalized spacial score (nSPS) is 26.1. The van der Waals surface area contributed by atoms with Crippen LogP contribution in [0.3, 0.4) is 0 Å². The topological polar surface area (TPSA) is 60.9 Å². The highest BCUT2D eigenvalue weighted by molar-refractivity contribution is 5.95. The van der Waals surface area contributed by atoms with Crippen LogP contribution in [0.2, 0.25) is 0 Å². The van der Waals surface area contributed by atoms with Crippen LogP contribution in [0.15, 0.2) is 42.6 Å². The van der Waals surface area contributed by atoms with E-state index in [2.05, 4.69) is 4.98 Å². The molecule has 2 bridgehead atoms. The number of nitrogens with zero attached hydrogens (tertiary/aromatic N) is 2. The van der Waals surface area contributed by atoms with Crippen molar-refractivity contribution >= 4 is 5.91 Å². The van der Waals surface area contributed by atoms with E-state index < -0.39 is 0 Å². The van der Waals surface area contributed by atoms with E-state index in [9.17, 15) is 4.79 Å². The van der Waals surface area contributed by atoms with Crippen LogP contribution in [-0.4, -0.2) is 41.3 Å². The van der Waals surface area contributed by atoms with Gasteiger partial charge in [-0.25, -0.2) is 4.98 Å². The lowest BCUT2D eigenvalue weighted by Gasteiger charge is -2.27. The fourth-order valence-corrected chi connectivity index (χ4v) is 4.10. The lowest BCUT2D eigenvalue weighted by molar-refractivity contribution is 0.0664. The van der Waals surface area contributed by atoms with Crippen molar-refractivity contribution in [3.8, 4) is 17.4 Å². The van der Waals surface area contributed by atoms with E-state index in [1.807, 2.05) is 23.1 Å². The molecule has 128 valence electrons. The van der Waals surface area contributed by atoms with Gasteiger partial charge in [0.15, 0.2) is 11.5 Å². The zero-order valence-electron chi connectivity index (χ0n) is 13.6. The quantitative estimate of drug-likeness (QED) is 0.860. The molecule has 0 radical (unpaired) electrons. The molecule has 3 atom stereocenters. The average Bonchev–Trinajstić information content (AvgIpc) is 3.36. The molecular formula is C19H18N2O4. The first-order chi connectivity index (χ1) is 12.3. The van der Waals surface area contributed by atoms with Gasteiger partial charge in [-0.2, -0.15) is 0 Å². The van der Waals surface area contributed by atoms with E-state index in [0.717, 1.165) is 19.4 Å². The number of piperidine rings is 1. The molecule has 3 heterocycles. The Morgan fingerprint density at radius 3 is 2.96 bits per heavy atom. The summed E-state index contributed by atoms with van der Waals surface area (Å²) in [5, 5.41) is 0. The Balaban J connectivity index is 1.36. The fourth-order valence-electron chi connectivity index (χ4n) is 4.10. The SMILES string of the molecule is O=C(c1ccc2c(c1)OCO2)N1C[C@H]2CC[C@H]1[C@@H]2Oc1ccccn1. The molecule has 6 nitrogen and oxygen atoms in total. The largest absolute Gasteiger partial charge is 0.472 e. The molecule has 1 aromatic carbocycles. The minimum Gasteiger partial charge on any atom is -0.472 e. The van der Waals surface area contributed by atoms with Crippen molar-refractivity contribution in [3.63, 3.8) is 0 Å². The van der Waals surface area contributed by atoms with Gasteiger partial charge in [0.25, 0.3) is 5.91 Å². The van der Waals surface area contributed by atoms with Crippen molar-refractivity contribution in [3.05, 3.63) is 48.2 Å². The Morgan fingerprint density at radius 1 is 1.16 bits per heavy atom. The molecule has 2 aliphatic heterocycles. The molecule has 1 amide bonds. The van der Waals surface area contributed by atoms with E-state index in [4.69, 9.17) is 14.2 Å². The zero-order chi connectivity index (χ0) is 16.8. The summed E-state index contributed by atoms with van der Waals surface area (Å²) in [6.45, 7) is 0.941. The van der Waals surface area contributed by atoms with Crippen LogP contribution in [0.1, 0.15) is 23.2 Å². The molecule has 1 aliphatic carbocycles. The molecule has 1 saturated heterocycles. The number of hydrogen-bond acceptors (Lipinski definition) is 5. The molecule has 0 N–H and O–H groups in total. The van der Waals surface area contributed by atoms with Crippen LogP contribution >= 0.6 is 0 Å². The maximum Gasteiger partial charge on any atom is 0.254 e. The van der Waals surface area contributed by atoms with Crippen molar-refractivity contribution < 1.29 is 19.0 Å². The molecule has 2 fully saturated rings. The predicted octanol–water partition coefficient (Wildman–Crippen LogP) is 2.49. The van der Waals surface area contributed by atoms with E-state index in [0.29, 0.717) is 28.9 Å². The summed E-state index contributed by atoms with van der Waals surface area (Å²) in [7, 11) is 0. The summed E-state index contributed by atoms with van der Waals surface area (Å²) in [5.41, 5.74) is 0.633. The monoisotopic (exact) mass is 338 g/mol. The van der Waals surface area contributed by atoms with Crippen molar-refractivity contribution in [1.29, 1.82) is 0 Å². The van der Waals surface area contributed by atoms with Crippen molar-refractivity contribution in [1.82, 2.24) is 9.88 Å². The van der Waals surface area contributed by atoms with Crippen LogP contribution in [0.25, 0.3) is 0 Å². The summed E-state index contributed by atoms with van der Waals surface area (Å²) >= 11 is 0. The average molecular weight is 338 g/mol. The van der Waals surface area contributed by atoms with Gasteiger partial charge in [-0.15, -0.1) is 0 Å². The third kappa shape index (κ3) is 2.40.